The van der Waals surface area contributed by atoms with Gasteiger partial charge < -0.3 is 15.5 Å². The minimum Gasteiger partial charge on any atom is -0.357 e. The molecular weight excluding hydrogens is 401 g/mol. The number of anilines is 1. The number of nitrogens with one attached hydrogen (secondary N) is 2. The molecule has 0 spiro atoms. The highest BCUT2D eigenvalue weighted by molar-refractivity contribution is 14.0. The van der Waals surface area contributed by atoms with Gasteiger partial charge in [-0.1, -0.05) is 25.8 Å². The van der Waals surface area contributed by atoms with Crippen molar-refractivity contribution in [1.29, 1.82) is 0 Å². The van der Waals surface area contributed by atoms with Crippen molar-refractivity contribution in [2.75, 3.05) is 31.6 Å². The van der Waals surface area contributed by atoms with Crippen molar-refractivity contribution in [1.82, 2.24) is 15.6 Å². The largest absolute Gasteiger partial charge is 0.357 e. The van der Waals surface area contributed by atoms with E-state index in [1.165, 1.54) is 31.2 Å². The number of pyridine rings is 1. The number of hydrogen-bond acceptors (Lipinski definition) is 3. The minimum atomic E-state index is 0. The maximum absolute atomic E-state index is 4.64. The predicted molar refractivity (Wildman–Crippen MR) is 109 cm³/mol. The number of aliphatic imine (C=N–C) groups is 1. The maximum Gasteiger partial charge on any atom is 0.191 e. The first-order valence-electron chi connectivity index (χ1n) is 8.48. The molecule has 23 heavy (non-hydrogen) atoms. The lowest BCUT2D eigenvalue weighted by molar-refractivity contribution is 0.726. The summed E-state index contributed by atoms with van der Waals surface area (Å²) < 4.78 is 0. The molecule has 0 saturated carbocycles. The minimum absolute atomic E-state index is 0. The monoisotopic (exact) mass is 431 g/mol. The summed E-state index contributed by atoms with van der Waals surface area (Å²) in [5, 5.41) is 6.58. The molecule has 0 aromatic carbocycles. The molecule has 2 N–H and O–H groups in total. The van der Waals surface area contributed by atoms with Crippen molar-refractivity contribution in [3.8, 4) is 0 Å². The van der Waals surface area contributed by atoms with Crippen LogP contribution in [0.3, 0.4) is 0 Å². The summed E-state index contributed by atoms with van der Waals surface area (Å²) in [6, 6.07) is 4.30. The highest BCUT2D eigenvalue weighted by Gasteiger charge is 2.10. The van der Waals surface area contributed by atoms with Crippen LogP contribution in [0.5, 0.6) is 0 Å². The van der Waals surface area contributed by atoms with Gasteiger partial charge in [0.2, 0.25) is 0 Å². The Morgan fingerprint density at radius 1 is 1.17 bits per heavy atom. The van der Waals surface area contributed by atoms with Gasteiger partial charge in [-0.2, -0.15) is 0 Å². The van der Waals surface area contributed by atoms with E-state index >= 15 is 0 Å². The molecule has 2 rings (SSSR count). The average molecular weight is 431 g/mol. The van der Waals surface area contributed by atoms with E-state index in [4.69, 9.17) is 0 Å². The Balaban J connectivity index is 0.00000264. The molecule has 1 aliphatic heterocycles. The zero-order valence-corrected chi connectivity index (χ0v) is 16.7. The number of guanidine groups is 1. The summed E-state index contributed by atoms with van der Waals surface area (Å²) in [6.07, 6.45) is 8.33. The molecule has 130 valence electrons. The molecule has 1 fully saturated rings. The zero-order valence-electron chi connectivity index (χ0n) is 14.3. The van der Waals surface area contributed by atoms with Crippen LogP contribution in [0.1, 0.15) is 44.6 Å². The quantitative estimate of drug-likeness (QED) is 0.427. The van der Waals surface area contributed by atoms with Crippen molar-refractivity contribution in [3.63, 3.8) is 0 Å². The van der Waals surface area contributed by atoms with Crippen molar-refractivity contribution < 1.29 is 0 Å². The van der Waals surface area contributed by atoms with E-state index in [0.717, 1.165) is 44.4 Å². The number of hydrogen-bond donors (Lipinski definition) is 2. The third-order valence-corrected chi connectivity index (χ3v) is 3.97. The van der Waals surface area contributed by atoms with Crippen LogP contribution in [0.25, 0.3) is 0 Å². The molecule has 6 heteroatoms. The highest BCUT2D eigenvalue weighted by Crippen LogP contribution is 2.17. The fourth-order valence-corrected chi connectivity index (χ4v) is 2.66. The Kier molecular flexibility index (Phi) is 9.98. The van der Waals surface area contributed by atoms with Crippen molar-refractivity contribution in [3.05, 3.63) is 23.9 Å². The second kappa shape index (κ2) is 11.5. The van der Waals surface area contributed by atoms with Crippen molar-refractivity contribution in [2.45, 2.75) is 45.6 Å². The van der Waals surface area contributed by atoms with Crippen LogP contribution >= 0.6 is 24.0 Å². The summed E-state index contributed by atoms with van der Waals surface area (Å²) in [4.78, 5) is 11.3. The number of aromatic nitrogens is 1. The molecule has 0 radical (unpaired) electrons. The summed E-state index contributed by atoms with van der Waals surface area (Å²) in [6.45, 7) is 6.10. The fourth-order valence-electron chi connectivity index (χ4n) is 2.66. The Bertz CT molecular complexity index is 453. The van der Waals surface area contributed by atoms with E-state index in [2.05, 4.69) is 44.6 Å². The van der Waals surface area contributed by atoms with Gasteiger partial charge in [-0.3, -0.25) is 4.99 Å². The van der Waals surface area contributed by atoms with Gasteiger partial charge >= 0.3 is 0 Å². The molecule has 0 aliphatic carbocycles. The second-order valence-corrected chi connectivity index (χ2v) is 5.78. The normalized spacial score (nSPS) is 15.6. The third-order valence-electron chi connectivity index (χ3n) is 3.97. The van der Waals surface area contributed by atoms with E-state index < -0.39 is 0 Å². The topological polar surface area (TPSA) is 52.6 Å². The maximum atomic E-state index is 4.64. The fraction of sp³-hybridized carbons (Fsp3) is 0.647. The van der Waals surface area contributed by atoms with Gasteiger partial charge in [0.25, 0.3) is 0 Å². The van der Waals surface area contributed by atoms with Gasteiger partial charge in [-0.25, -0.2) is 4.98 Å². The van der Waals surface area contributed by atoms with Crippen LogP contribution in [-0.4, -0.2) is 37.6 Å². The van der Waals surface area contributed by atoms with E-state index in [0.29, 0.717) is 0 Å². The molecule has 0 atom stereocenters. The van der Waals surface area contributed by atoms with Gasteiger partial charge in [0.15, 0.2) is 5.96 Å². The standard InChI is InChI=1S/C17H29N5.HI/c1-3-10-19-17(18-2)21-14-15-8-9-16(20-13-15)22-11-6-4-5-7-12-22;/h8-9,13H,3-7,10-12,14H2,1-2H3,(H2,18,19,21);1H. The first-order chi connectivity index (χ1) is 10.8. The van der Waals surface area contributed by atoms with Crippen molar-refractivity contribution >= 4 is 35.8 Å². The van der Waals surface area contributed by atoms with Gasteiger partial charge in [-0.15, -0.1) is 24.0 Å². The Labute approximate surface area is 157 Å². The zero-order chi connectivity index (χ0) is 15.6. The van der Waals surface area contributed by atoms with Crippen molar-refractivity contribution in [2.24, 2.45) is 4.99 Å². The summed E-state index contributed by atoms with van der Waals surface area (Å²) in [7, 11) is 1.80. The van der Waals surface area contributed by atoms with Crippen LogP contribution in [-0.2, 0) is 6.54 Å². The van der Waals surface area contributed by atoms with Crippen LogP contribution in [0, 0.1) is 0 Å². The van der Waals surface area contributed by atoms with Gasteiger partial charge in [0.05, 0.1) is 0 Å². The first-order valence-corrected chi connectivity index (χ1v) is 8.48. The molecule has 1 aliphatic rings. The van der Waals surface area contributed by atoms with E-state index in [9.17, 15) is 0 Å². The SMILES string of the molecule is CCCNC(=NC)NCc1ccc(N2CCCCCC2)nc1.I. The van der Waals surface area contributed by atoms with Crippen LogP contribution < -0.4 is 15.5 Å². The first kappa shape index (κ1) is 20.0. The number of halogens is 1. The van der Waals surface area contributed by atoms with E-state index in [-0.39, 0.29) is 24.0 Å². The van der Waals surface area contributed by atoms with Gasteiger partial charge in [0, 0.05) is 39.4 Å². The molecule has 0 unspecified atom stereocenters. The summed E-state index contributed by atoms with van der Waals surface area (Å²) in [5.74, 6) is 1.96. The van der Waals surface area contributed by atoms with Crippen LogP contribution in [0.15, 0.2) is 23.3 Å². The van der Waals surface area contributed by atoms with Gasteiger partial charge in [0.1, 0.15) is 5.82 Å². The summed E-state index contributed by atoms with van der Waals surface area (Å²) >= 11 is 0. The Morgan fingerprint density at radius 2 is 1.91 bits per heavy atom. The molecule has 1 aromatic rings. The lowest BCUT2D eigenvalue weighted by Crippen LogP contribution is -2.37. The highest BCUT2D eigenvalue weighted by atomic mass is 127. The molecule has 1 aromatic heterocycles. The number of rotatable bonds is 5. The third kappa shape index (κ3) is 6.93. The summed E-state index contributed by atoms with van der Waals surface area (Å²) in [5.41, 5.74) is 1.18. The van der Waals surface area contributed by atoms with Crippen LogP contribution in [0.2, 0.25) is 0 Å². The molecule has 5 nitrogen and oxygen atoms in total. The predicted octanol–water partition coefficient (Wildman–Crippen LogP) is 3.16. The van der Waals surface area contributed by atoms with E-state index in [1.54, 1.807) is 7.05 Å². The smallest absolute Gasteiger partial charge is 0.191 e. The lowest BCUT2D eigenvalue weighted by atomic mass is 10.2. The van der Waals surface area contributed by atoms with Crippen LogP contribution in [0.4, 0.5) is 5.82 Å². The molecule has 2 heterocycles. The number of nitrogens with zero attached hydrogens (tertiary/aromatic N) is 3. The van der Waals surface area contributed by atoms with Gasteiger partial charge in [-0.05, 0) is 30.9 Å². The average Bonchev–Trinajstić information content (AvgIpc) is 2.85. The molecule has 0 bridgehead atoms. The lowest BCUT2D eigenvalue weighted by Gasteiger charge is -2.21. The molecule has 1 saturated heterocycles. The Morgan fingerprint density at radius 3 is 2.48 bits per heavy atom. The Hall–Kier alpha value is -1.05. The van der Waals surface area contributed by atoms with E-state index in [1.807, 2.05) is 6.20 Å². The molecule has 0 amide bonds. The molecular formula is C17H30IN5. The second-order valence-electron chi connectivity index (χ2n) is 5.78.